The third-order valence-electron chi connectivity index (χ3n) is 4.72. The average molecular weight is 238 g/mol. The Balaban J connectivity index is 1.85. The molecule has 0 bridgehead atoms. The van der Waals surface area contributed by atoms with Gasteiger partial charge in [-0.3, -0.25) is 4.79 Å². The molecular formula is C14H26N2O. The fourth-order valence-corrected chi connectivity index (χ4v) is 3.27. The Morgan fingerprint density at radius 3 is 2.35 bits per heavy atom. The minimum atomic E-state index is 0.214. The minimum absolute atomic E-state index is 0.214. The summed E-state index contributed by atoms with van der Waals surface area (Å²) in [6.45, 7) is 4.53. The first-order valence-electron chi connectivity index (χ1n) is 7.05. The maximum Gasteiger partial charge on any atom is 0.223 e. The second kappa shape index (κ2) is 4.97. The number of amides is 1. The van der Waals surface area contributed by atoms with E-state index in [1.807, 2.05) is 0 Å². The van der Waals surface area contributed by atoms with Crippen molar-refractivity contribution >= 4 is 5.91 Å². The van der Waals surface area contributed by atoms with E-state index in [4.69, 9.17) is 5.73 Å². The van der Waals surface area contributed by atoms with Gasteiger partial charge in [0.05, 0.1) is 0 Å². The third kappa shape index (κ3) is 3.01. The van der Waals surface area contributed by atoms with Crippen molar-refractivity contribution in [3.05, 3.63) is 0 Å². The second-order valence-electron chi connectivity index (χ2n) is 6.55. The zero-order valence-corrected chi connectivity index (χ0v) is 11.2. The molecule has 0 heterocycles. The van der Waals surface area contributed by atoms with Crippen LogP contribution in [0.25, 0.3) is 0 Å². The zero-order chi connectivity index (χ0) is 12.5. The summed E-state index contributed by atoms with van der Waals surface area (Å²) < 4.78 is 0. The quantitative estimate of drug-likeness (QED) is 0.775. The molecule has 0 aliphatic heterocycles. The highest BCUT2D eigenvalue weighted by molar-refractivity contribution is 5.79. The Morgan fingerprint density at radius 2 is 1.82 bits per heavy atom. The van der Waals surface area contributed by atoms with Gasteiger partial charge in [-0.2, -0.15) is 0 Å². The smallest absolute Gasteiger partial charge is 0.223 e. The van der Waals surface area contributed by atoms with Crippen LogP contribution in [0.2, 0.25) is 0 Å². The van der Waals surface area contributed by atoms with E-state index in [9.17, 15) is 4.79 Å². The van der Waals surface area contributed by atoms with Crippen LogP contribution in [0.4, 0.5) is 0 Å². The monoisotopic (exact) mass is 238 g/mol. The first kappa shape index (κ1) is 12.9. The Hall–Kier alpha value is -0.570. The van der Waals surface area contributed by atoms with Crippen LogP contribution >= 0.6 is 0 Å². The zero-order valence-electron chi connectivity index (χ0n) is 11.2. The molecule has 98 valence electrons. The van der Waals surface area contributed by atoms with Crippen molar-refractivity contribution in [3.63, 3.8) is 0 Å². The number of rotatable bonds is 2. The van der Waals surface area contributed by atoms with Gasteiger partial charge >= 0.3 is 0 Å². The lowest BCUT2D eigenvalue weighted by Gasteiger charge is -2.31. The molecule has 2 rings (SSSR count). The van der Waals surface area contributed by atoms with Crippen molar-refractivity contribution in [2.24, 2.45) is 17.1 Å². The number of carbonyl (C=O) groups excluding carboxylic acids is 1. The van der Waals surface area contributed by atoms with Crippen LogP contribution in [-0.2, 0) is 4.79 Å². The standard InChI is InChI=1S/C14H26N2O/c1-14(2)9-3-4-12(14)16-13(17)10-5-7-11(15)8-6-10/h10-12H,3-9,15H2,1-2H3,(H,16,17). The Kier molecular flexibility index (Phi) is 3.76. The SMILES string of the molecule is CC1(C)CCCC1NC(=O)C1CCC(N)CC1. The van der Waals surface area contributed by atoms with Crippen LogP contribution in [-0.4, -0.2) is 18.0 Å². The van der Waals surface area contributed by atoms with E-state index in [0.29, 0.717) is 12.1 Å². The molecule has 17 heavy (non-hydrogen) atoms. The van der Waals surface area contributed by atoms with Crippen molar-refractivity contribution in [2.45, 2.75) is 70.9 Å². The summed E-state index contributed by atoms with van der Waals surface area (Å²) in [5.41, 5.74) is 6.15. The van der Waals surface area contributed by atoms with E-state index in [1.54, 1.807) is 0 Å². The summed E-state index contributed by atoms with van der Waals surface area (Å²) in [6, 6.07) is 0.701. The lowest BCUT2D eigenvalue weighted by atomic mass is 9.84. The molecule has 3 nitrogen and oxygen atoms in total. The Labute approximate surface area is 105 Å². The van der Waals surface area contributed by atoms with Gasteiger partial charge in [0.1, 0.15) is 0 Å². The number of hydrogen-bond donors (Lipinski definition) is 2. The van der Waals surface area contributed by atoms with Crippen molar-refractivity contribution in [1.29, 1.82) is 0 Å². The number of nitrogens with two attached hydrogens (primary N) is 1. The van der Waals surface area contributed by atoms with Gasteiger partial charge < -0.3 is 11.1 Å². The van der Waals surface area contributed by atoms with Crippen LogP contribution in [0.1, 0.15) is 58.8 Å². The molecule has 0 aromatic heterocycles. The van der Waals surface area contributed by atoms with Crippen LogP contribution in [0.3, 0.4) is 0 Å². The van der Waals surface area contributed by atoms with Gasteiger partial charge in [0, 0.05) is 18.0 Å². The van der Waals surface area contributed by atoms with Gasteiger partial charge in [0.25, 0.3) is 0 Å². The molecule has 1 amide bonds. The first-order valence-corrected chi connectivity index (χ1v) is 7.05. The van der Waals surface area contributed by atoms with Crippen LogP contribution in [0, 0.1) is 11.3 Å². The van der Waals surface area contributed by atoms with Gasteiger partial charge in [-0.25, -0.2) is 0 Å². The molecule has 3 heteroatoms. The highest BCUT2D eigenvalue weighted by atomic mass is 16.1. The first-order chi connectivity index (χ1) is 7.99. The third-order valence-corrected chi connectivity index (χ3v) is 4.72. The topological polar surface area (TPSA) is 55.1 Å². The van der Waals surface area contributed by atoms with E-state index in [1.165, 1.54) is 12.8 Å². The lowest BCUT2D eigenvalue weighted by molar-refractivity contribution is -0.127. The molecule has 0 radical (unpaired) electrons. The van der Waals surface area contributed by atoms with Crippen molar-refractivity contribution in [2.75, 3.05) is 0 Å². The van der Waals surface area contributed by atoms with E-state index in [0.717, 1.165) is 32.1 Å². The van der Waals surface area contributed by atoms with Crippen molar-refractivity contribution < 1.29 is 4.79 Å². The number of nitrogens with one attached hydrogen (secondary N) is 1. The fraction of sp³-hybridized carbons (Fsp3) is 0.929. The molecule has 0 aromatic rings. The van der Waals surface area contributed by atoms with Crippen molar-refractivity contribution in [3.8, 4) is 0 Å². The van der Waals surface area contributed by atoms with Gasteiger partial charge in [-0.15, -0.1) is 0 Å². The lowest BCUT2D eigenvalue weighted by Crippen LogP contribution is -2.45. The molecule has 1 atom stereocenters. The molecule has 0 saturated heterocycles. The molecule has 2 aliphatic carbocycles. The van der Waals surface area contributed by atoms with Crippen molar-refractivity contribution in [1.82, 2.24) is 5.32 Å². The van der Waals surface area contributed by atoms with Crippen LogP contribution in [0.5, 0.6) is 0 Å². The van der Waals surface area contributed by atoms with Gasteiger partial charge in [0.15, 0.2) is 0 Å². The van der Waals surface area contributed by atoms with E-state index >= 15 is 0 Å². The summed E-state index contributed by atoms with van der Waals surface area (Å²) >= 11 is 0. The summed E-state index contributed by atoms with van der Waals surface area (Å²) in [5.74, 6) is 0.489. The number of carbonyl (C=O) groups is 1. The normalized spacial score (nSPS) is 36.8. The molecule has 0 spiro atoms. The highest BCUT2D eigenvalue weighted by Gasteiger charge is 2.36. The molecule has 0 aromatic carbocycles. The highest BCUT2D eigenvalue weighted by Crippen LogP contribution is 2.37. The molecular weight excluding hydrogens is 212 g/mol. The van der Waals surface area contributed by atoms with Gasteiger partial charge in [-0.1, -0.05) is 20.3 Å². The maximum atomic E-state index is 12.2. The fourth-order valence-electron chi connectivity index (χ4n) is 3.27. The predicted molar refractivity (Wildman–Crippen MR) is 69.5 cm³/mol. The largest absolute Gasteiger partial charge is 0.353 e. The van der Waals surface area contributed by atoms with Crippen LogP contribution < -0.4 is 11.1 Å². The van der Waals surface area contributed by atoms with E-state index in [2.05, 4.69) is 19.2 Å². The molecule has 1 unspecified atom stereocenters. The van der Waals surface area contributed by atoms with E-state index in [-0.39, 0.29) is 17.2 Å². The van der Waals surface area contributed by atoms with Gasteiger partial charge in [0.2, 0.25) is 5.91 Å². The van der Waals surface area contributed by atoms with Gasteiger partial charge in [-0.05, 0) is 43.9 Å². The molecule has 3 N–H and O–H groups in total. The summed E-state index contributed by atoms with van der Waals surface area (Å²) in [7, 11) is 0. The predicted octanol–water partition coefficient (Wildman–Crippen LogP) is 2.20. The minimum Gasteiger partial charge on any atom is -0.353 e. The second-order valence-corrected chi connectivity index (χ2v) is 6.55. The summed E-state index contributed by atoms with van der Waals surface area (Å²) in [5, 5.41) is 3.27. The number of hydrogen-bond acceptors (Lipinski definition) is 2. The Bertz CT molecular complexity index is 280. The van der Waals surface area contributed by atoms with Crippen LogP contribution in [0.15, 0.2) is 0 Å². The molecule has 2 fully saturated rings. The molecule has 2 saturated carbocycles. The maximum absolute atomic E-state index is 12.2. The summed E-state index contributed by atoms with van der Waals surface area (Å²) in [4.78, 5) is 12.2. The molecule has 2 aliphatic rings. The Morgan fingerprint density at radius 1 is 1.18 bits per heavy atom. The summed E-state index contributed by atoms with van der Waals surface area (Å²) in [6.07, 6.45) is 7.57. The van der Waals surface area contributed by atoms with E-state index < -0.39 is 0 Å². The average Bonchev–Trinajstić information content (AvgIpc) is 2.59.